The van der Waals surface area contributed by atoms with Crippen LogP contribution in [0.25, 0.3) is 10.9 Å². The second kappa shape index (κ2) is 5.26. The molecule has 20 heavy (non-hydrogen) atoms. The Hall–Kier alpha value is -1.86. The first-order valence-electron chi connectivity index (χ1n) is 5.97. The van der Waals surface area contributed by atoms with Gasteiger partial charge in [-0.1, -0.05) is 6.07 Å². The van der Waals surface area contributed by atoms with Crippen LogP contribution in [-0.4, -0.2) is 37.3 Å². The van der Waals surface area contributed by atoms with E-state index in [1.54, 1.807) is 19.1 Å². The van der Waals surface area contributed by atoms with Crippen LogP contribution in [-0.2, 0) is 20.7 Å². The van der Waals surface area contributed by atoms with Crippen LogP contribution in [0.1, 0.15) is 21.6 Å². The maximum absolute atomic E-state index is 11.2. The Labute approximate surface area is 116 Å². The molecule has 0 aliphatic heterocycles. The van der Waals surface area contributed by atoms with Crippen molar-refractivity contribution in [2.75, 3.05) is 12.9 Å². The highest BCUT2D eigenvalue weighted by Crippen LogP contribution is 2.23. The van der Waals surface area contributed by atoms with Crippen LogP contribution >= 0.6 is 0 Å². The van der Waals surface area contributed by atoms with Crippen LogP contribution in [0.5, 0.6) is 0 Å². The SMILES string of the molecule is Cc1[nH]c2ccc(CCOS(C)(=O)=O)cc2c1C(=O)O. The number of fused-ring (bicyclic) bond motifs is 1. The van der Waals surface area contributed by atoms with Gasteiger partial charge in [-0.05, 0) is 31.0 Å². The zero-order valence-electron chi connectivity index (χ0n) is 11.1. The molecular formula is C13H15NO5S. The Morgan fingerprint density at radius 2 is 2.10 bits per heavy atom. The van der Waals surface area contributed by atoms with E-state index in [4.69, 9.17) is 0 Å². The maximum Gasteiger partial charge on any atom is 0.338 e. The summed E-state index contributed by atoms with van der Waals surface area (Å²) < 4.78 is 26.4. The molecule has 2 N–H and O–H groups in total. The monoisotopic (exact) mass is 297 g/mol. The normalized spacial score (nSPS) is 11.9. The predicted octanol–water partition coefficient (Wildman–Crippen LogP) is 1.69. The number of hydrogen-bond donors (Lipinski definition) is 2. The number of aryl methyl sites for hydroxylation is 1. The molecule has 2 rings (SSSR count). The summed E-state index contributed by atoms with van der Waals surface area (Å²) in [5.74, 6) is -0.988. The number of nitrogens with one attached hydrogen (secondary N) is 1. The van der Waals surface area contributed by atoms with Crippen molar-refractivity contribution in [3.63, 3.8) is 0 Å². The summed E-state index contributed by atoms with van der Waals surface area (Å²) in [6.07, 6.45) is 1.39. The zero-order chi connectivity index (χ0) is 14.9. The molecule has 0 atom stereocenters. The molecule has 1 heterocycles. The molecule has 0 amide bonds. The van der Waals surface area contributed by atoms with Gasteiger partial charge >= 0.3 is 5.97 Å². The van der Waals surface area contributed by atoms with Crippen molar-refractivity contribution in [1.29, 1.82) is 0 Å². The number of rotatable bonds is 5. The van der Waals surface area contributed by atoms with Gasteiger partial charge < -0.3 is 10.1 Å². The minimum Gasteiger partial charge on any atom is -0.478 e. The fourth-order valence-electron chi connectivity index (χ4n) is 2.12. The Morgan fingerprint density at radius 1 is 1.40 bits per heavy atom. The Balaban J connectivity index is 2.28. The lowest BCUT2D eigenvalue weighted by molar-refractivity contribution is 0.0698. The highest BCUT2D eigenvalue weighted by molar-refractivity contribution is 7.85. The number of carboxylic acids is 1. The molecule has 0 aliphatic rings. The molecule has 2 aromatic rings. The standard InChI is InChI=1S/C13H15NO5S/c1-8-12(13(15)16)10-7-9(3-4-11(10)14-8)5-6-19-20(2,17)18/h3-4,7,14H,5-6H2,1-2H3,(H,15,16). The number of H-pyrrole nitrogens is 1. The van der Waals surface area contributed by atoms with Crippen molar-refractivity contribution < 1.29 is 22.5 Å². The van der Waals surface area contributed by atoms with Crippen LogP contribution in [0.2, 0.25) is 0 Å². The van der Waals surface area contributed by atoms with Crippen LogP contribution < -0.4 is 0 Å². The van der Waals surface area contributed by atoms with Crippen molar-refractivity contribution in [3.05, 3.63) is 35.0 Å². The van der Waals surface area contributed by atoms with E-state index in [-0.39, 0.29) is 12.2 Å². The minimum atomic E-state index is -3.45. The lowest BCUT2D eigenvalue weighted by Gasteiger charge is -2.03. The summed E-state index contributed by atoms with van der Waals surface area (Å²) in [5, 5.41) is 9.82. The van der Waals surface area contributed by atoms with Crippen LogP contribution in [0.3, 0.4) is 0 Å². The number of carboxylic acid groups (broad SMARTS) is 1. The van der Waals surface area contributed by atoms with Gasteiger partial charge in [0.05, 0.1) is 18.4 Å². The van der Waals surface area contributed by atoms with Crippen molar-refractivity contribution in [3.8, 4) is 0 Å². The first-order valence-corrected chi connectivity index (χ1v) is 7.78. The number of aromatic carboxylic acids is 1. The average Bonchev–Trinajstić information content (AvgIpc) is 2.62. The van der Waals surface area contributed by atoms with Gasteiger partial charge in [0, 0.05) is 16.6 Å². The Morgan fingerprint density at radius 3 is 2.70 bits per heavy atom. The average molecular weight is 297 g/mol. The lowest BCUT2D eigenvalue weighted by atomic mass is 10.1. The van der Waals surface area contributed by atoms with Gasteiger partial charge in [-0.25, -0.2) is 4.79 Å². The molecule has 0 spiro atoms. The second-order valence-electron chi connectivity index (χ2n) is 4.59. The van der Waals surface area contributed by atoms with E-state index in [1.165, 1.54) is 0 Å². The molecule has 7 heteroatoms. The van der Waals surface area contributed by atoms with Crippen LogP contribution in [0.4, 0.5) is 0 Å². The van der Waals surface area contributed by atoms with Gasteiger partial charge in [-0.15, -0.1) is 0 Å². The first-order chi connectivity index (χ1) is 9.28. The Kier molecular flexibility index (Phi) is 3.82. The number of carbonyl (C=O) groups is 1. The topological polar surface area (TPSA) is 96.5 Å². The summed E-state index contributed by atoms with van der Waals surface area (Å²) in [6, 6.07) is 5.34. The number of aromatic amines is 1. The fourth-order valence-corrected chi connectivity index (χ4v) is 2.50. The molecule has 0 unspecified atom stereocenters. The van der Waals surface area contributed by atoms with Crippen LogP contribution in [0.15, 0.2) is 18.2 Å². The van der Waals surface area contributed by atoms with E-state index in [1.807, 2.05) is 6.07 Å². The number of aromatic nitrogens is 1. The molecule has 0 radical (unpaired) electrons. The van der Waals surface area contributed by atoms with Gasteiger partial charge in [-0.3, -0.25) is 4.18 Å². The summed E-state index contributed by atoms with van der Waals surface area (Å²) in [4.78, 5) is 14.2. The molecule has 108 valence electrons. The van der Waals surface area contributed by atoms with Crippen molar-refractivity contribution in [2.45, 2.75) is 13.3 Å². The lowest BCUT2D eigenvalue weighted by Crippen LogP contribution is -2.06. The zero-order valence-corrected chi connectivity index (χ0v) is 12.0. The summed E-state index contributed by atoms with van der Waals surface area (Å²) in [6.45, 7) is 1.74. The maximum atomic E-state index is 11.2. The minimum absolute atomic E-state index is 0.0378. The van der Waals surface area contributed by atoms with Gasteiger partial charge in [0.25, 0.3) is 10.1 Å². The fraction of sp³-hybridized carbons (Fsp3) is 0.308. The molecule has 0 saturated heterocycles. The van der Waals surface area contributed by atoms with Gasteiger partial charge in [-0.2, -0.15) is 8.42 Å². The van der Waals surface area contributed by atoms with Crippen molar-refractivity contribution >= 4 is 27.0 Å². The highest BCUT2D eigenvalue weighted by Gasteiger charge is 2.15. The van der Waals surface area contributed by atoms with E-state index in [2.05, 4.69) is 9.17 Å². The van der Waals surface area contributed by atoms with Crippen molar-refractivity contribution in [2.24, 2.45) is 0 Å². The van der Waals surface area contributed by atoms with Gasteiger partial charge in [0.15, 0.2) is 0 Å². The summed E-state index contributed by atoms with van der Waals surface area (Å²) in [5.41, 5.74) is 2.40. The molecule has 0 bridgehead atoms. The van der Waals surface area contributed by atoms with E-state index in [0.717, 1.165) is 17.3 Å². The van der Waals surface area contributed by atoms with Crippen molar-refractivity contribution in [1.82, 2.24) is 4.98 Å². The van der Waals surface area contributed by atoms with E-state index in [9.17, 15) is 18.3 Å². The molecule has 1 aromatic carbocycles. The highest BCUT2D eigenvalue weighted by atomic mass is 32.2. The van der Waals surface area contributed by atoms with E-state index >= 15 is 0 Å². The summed E-state index contributed by atoms with van der Waals surface area (Å²) >= 11 is 0. The molecule has 0 fully saturated rings. The largest absolute Gasteiger partial charge is 0.478 e. The molecule has 1 aromatic heterocycles. The Bertz CT molecular complexity index is 760. The van der Waals surface area contributed by atoms with E-state index < -0.39 is 16.1 Å². The molecule has 0 saturated carbocycles. The third-order valence-corrected chi connectivity index (χ3v) is 3.55. The number of hydrogen-bond acceptors (Lipinski definition) is 4. The van der Waals surface area contributed by atoms with Gasteiger partial charge in [0.2, 0.25) is 0 Å². The quantitative estimate of drug-likeness (QED) is 0.819. The third-order valence-electron chi connectivity index (χ3n) is 2.95. The van der Waals surface area contributed by atoms with E-state index in [0.29, 0.717) is 17.5 Å². The first kappa shape index (κ1) is 14.5. The van der Waals surface area contributed by atoms with Crippen LogP contribution in [0, 0.1) is 6.92 Å². The number of benzene rings is 1. The van der Waals surface area contributed by atoms with Gasteiger partial charge in [0.1, 0.15) is 0 Å². The smallest absolute Gasteiger partial charge is 0.338 e. The third kappa shape index (κ3) is 3.17. The molecule has 0 aliphatic carbocycles. The summed E-state index contributed by atoms with van der Waals surface area (Å²) in [7, 11) is -3.45. The molecule has 6 nitrogen and oxygen atoms in total. The second-order valence-corrected chi connectivity index (χ2v) is 6.23. The predicted molar refractivity (Wildman–Crippen MR) is 74.5 cm³/mol. The molecular weight excluding hydrogens is 282 g/mol.